The summed E-state index contributed by atoms with van der Waals surface area (Å²) in [5.41, 5.74) is 0.610. The van der Waals surface area contributed by atoms with E-state index < -0.39 is 11.7 Å². The van der Waals surface area contributed by atoms with Gasteiger partial charge >= 0.3 is 6.18 Å². The van der Waals surface area contributed by atoms with Crippen molar-refractivity contribution in [3.63, 3.8) is 0 Å². The summed E-state index contributed by atoms with van der Waals surface area (Å²) in [4.78, 5) is 12.8. The van der Waals surface area contributed by atoms with Crippen LogP contribution < -0.4 is 10.6 Å². The summed E-state index contributed by atoms with van der Waals surface area (Å²) in [7, 11) is 0. The molecule has 1 unspecified atom stereocenters. The third-order valence-corrected chi connectivity index (χ3v) is 4.38. The Morgan fingerprint density at radius 2 is 2.08 bits per heavy atom. The molecule has 0 aliphatic carbocycles. The van der Waals surface area contributed by atoms with Crippen LogP contribution in [0.2, 0.25) is 0 Å². The van der Waals surface area contributed by atoms with E-state index in [0.29, 0.717) is 22.9 Å². The molecule has 0 radical (unpaired) electrons. The normalized spacial score (nSPS) is 18.2. The molecule has 4 heterocycles. The lowest BCUT2D eigenvalue weighted by molar-refractivity contribution is -0.137. The van der Waals surface area contributed by atoms with Gasteiger partial charge in [0.25, 0.3) is 0 Å². The van der Waals surface area contributed by atoms with Gasteiger partial charge in [0.15, 0.2) is 0 Å². The molecule has 3 aromatic heterocycles. The summed E-state index contributed by atoms with van der Waals surface area (Å²) in [6.07, 6.45) is 3.37. The Balaban J connectivity index is 1.67. The van der Waals surface area contributed by atoms with Crippen molar-refractivity contribution in [1.82, 2.24) is 24.7 Å². The van der Waals surface area contributed by atoms with Crippen LogP contribution in [0.5, 0.6) is 0 Å². The topological polar surface area (TPSA) is 67.1 Å². The summed E-state index contributed by atoms with van der Waals surface area (Å²) in [5.74, 6) is 0.595. The van der Waals surface area contributed by atoms with Crippen molar-refractivity contribution >= 4 is 11.5 Å². The van der Waals surface area contributed by atoms with Crippen LogP contribution in [-0.2, 0) is 6.18 Å². The van der Waals surface area contributed by atoms with Crippen LogP contribution in [0.4, 0.5) is 19.0 Å². The molecule has 6 nitrogen and oxygen atoms in total. The van der Waals surface area contributed by atoms with E-state index in [9.17, 15) is 13.2 Å². The molecular weight excluding hydrogens is 345 g/mol. The number of hydrogen-bond donors (Lipinski definition) is 2. The van der Waals surface area contributed by atoms with Crippen molar-refractivity contribution in [2.24, 2.45) is 0 Å². The van der Waals surface area contributed by atoms with Gasteiger partial charge in [0, 0.05) is 18.8 Å². The third kappa shape index (κ3) is 3.34. The quantitative estimate of drug-likeness (QED) is 0.750. The molecule has 0 saturated carbocycles. The van der Waals surface area contributed by atoms with E-state index >= 15 is 0 Å². The van der Waals surface area contributed by atoms with E-state index in [1.54, 1.807) is 6.20 Å². The number of fused-ring (bicyclic) bond motifs is 1. The van der Waals surface area contributed by atoms with Crippen LogP contribution in [0.1, 0.15) is 18.4 Å². The molecule has 26 heavy (non-hydrogen) atoms. The minimum absolute atomic E-state index is 0.257. The van der Waals surface area contributed by atoms with E-state index in [1.165, 1.54) is 22.9 Å². The average Bonchev–Trinajstić information content (AvgIpc) is 3.05. The van der Waals surface area contributed by atoms with Gasteiger partial charge in [-0.3, -0.25) is 9.38 Å². The number of nitrogens with zero attached hydrogens (tertiary/aromatic N) is 4. The van der Waals surface area contributed by atoms with E-state index in [1.807, 2.05) is 0 Å². The zero-order valence-electron chi connectivity index (χ0n) is 13.8. The molecule has 1 aliphatic heterocycles. The lowest BCUT2D eigenvalue weighted by Crippen LogP contribution is -2.38. The van der Waals surface area contributed by atoms with Gasteiger partial charge in [-0.15, -0.1) is 0 Å². The molecule has 0 spiro atoms. The molecule has 0 bridgehead atoms. The van der Waals surface area contributed by atoms with Crippen molar-refractivity contribution in [3.8, 4) is 11.4 Å². The molecule has 1 atom stereocenters. The fourth-order valence-electron chi connectivity index (χ4n) is 3.08. The van der Waals surface area contributed by atoms with Crippen LogP contribution in [0, 0.1) is 0 Å². The first kappa shape index (κ1) is 16.8. The molecular formula is C17H17F3N6. The number of hydrogen-bond acceptors (Lipinski definition) is 5. The van der Waals surface area contributed by atoms with Crippen LogP contribution >= 0.6 is 0 Å². The van der Waals surface area contributed by atoms with Crippen molar-refractivity contribution in [1.29, 1.82) is 0 Å². The Kier molecular flexibility index (Phi) is 4.23. The molecule has 1 aliphatic rings. The van der Waals surface area contributed by atoms with Gasteiger partial charge in [-0.2, -0.15) is 13.2 Å². The highest BCUT2D eigenvalue weighted by Crippen LogP contribution is 2.30. The maximum absolute atomic E-state index is 13.0. The molecule has 0 amide bonds. The van der Waals surface area contributed by atoms with E-state index in [0.717, 1.165) is 38.2 Å². The van der Waals surface area contributed by atoms with Gasteiger partial charge in [-0.05, 0) is 31.5 Å². The maximum Gasteiger partial charge on any atom is 0.417 e. The van der Waals surface area contributed by atoms with Crippen LogP contribution in [-0.4, -0.2) is 38.5 Å². The fraction of sp³-hybridized carbons (Fsp3) is 0.353. The number of pyridine rings is 1. The minimum atomic E-state index is -4.42. The summed E-state index contributed by atoms with van der Waals surface area (Å²) in [6.45, 7) is 1.85. The van der Waals surface area contributed by atoms with E-state index in [4.69, 9.17) is 0 Å². The second-order valence-electron chi connectivity index (χ2n) is 6.26. The Morgan fingerprint density at radius 3 is 2.85 bits per heavy atom. The van der Waals surface area contributed by atoms with Gasteiger partial charge in [0.2, 0.25) is 0 Å². The molecule has 4 rings (SSSR count). The first-order chi connectivity index (χ1) is 12.5. The van der Waals surface area contributed by atoms with Crippen LogP contribution in [0.25, 0.3) is 17.0 Å². The molecule has 9 heteroatoms. The van der Waals surface area contributed by atoms with Gasteiger partial charge in [0.05, 0.1) is 29.8 Å². The second-order valence-corrected chi connectivity index (χ2v) is 6.26. The standard InChI is InChI=1S/C17H17F3N6/c18-17(19,20)11-3-4-16-23-8-14(26(16)10-11)13-7-22-9-15(25-13)24-12-2-1-5-21-6-12/h3-4,7-10,12,21H,1-2,5-6H2,(H,24,25). The predicted octanol–water partition coefficient (Wildman–Crippen LogP) is 2.97. The number of halogens is 3. The van der Waals surface area contributed by atoms with Gasteiger partial charge in [0.1, 0.15) is 17.2 Å². The number of aromatic nitrogens is 4. The third-order valence-electron chi connectivity index (χ3n) is 4.38. The molecule has 1 fully saturated rings. The highest BCUT2D eigenvalue weighted by atomic mass is 19.4. The van der Waals surface area contributed by atoms with E-state index in [-0.39, 0.29) is 6.04 Å². The lowest BCUT2D eigenvalue weighted by atomic mass is 10.1. The smallest absolute Gasteiger partial charge is 0.365 e. The van der Waals surface area contributed by atoms with Crippen molar-refractivity contribution in [3.05, 3.63) is 42.5 Å². The Hall–Kier alpha value is -2.68. The Bertz CT molecular complexity index is 914. The number of piperidine rings is 1. The highest BCUT2D eigenvalue weighted by molar-refractivity contribution is 5.61. The number of nitrogens with one attached hydrogen (secondary N) is 2. The van der Waals surface area contributed by atoms with Crippen LogP contribution in [0.15, 0.2) is 36.9 Å². The number of rotatable bonds is 3. The number of alkyl halides is 3. The summed E-state index contributed by atoms with van der Waals surface area (Å²) < 4.78 is 40.4. The number of anilines is 1. The lowest BCUT2D eigenvalue weighted by Gasteiger charge is -2.24. The summed E-state index contributed by atoms with van der Waals surface area (Å²) >= 11 is 0. The number of imidazole rings is 1. The van der Waals surface area contributed by atoms with E-state index in [2.05, 4.69) is 25.6 Å². The maximum atomic E-state index is 13.0. The molecule has 0 aromatic carbocycles. The van der Waals surface area contributed by atoms with Crippen LogP contribution in [0.3, 0.4) is 0 Å². The average molecular weight is 362 g/mol. The van der Waals surface area contributed by atoms with Crippen molar-refractivity contribution in [2.45, 2.75) is 25.1 Å². The molecule has 3 aromatic rings. The second kappa shape index (κ2) is 6.56. The Labute approximate surface area is 147 Å². The predicted molar refractivity (Wildman–Crippen MR) is 90.7 cm³/mol. The first-order valence-electron chi connectivity index (χ1n) is 8.35. The summed E-state index contributed by atoms with van der Waals surface area (Å²) in [6, 6.07) is 2.62. The highest BCUT2D eigenvalue weighted by Gasteiger charge is 2.31. The largest absolute Gasteiger partial charge is 0.417 e. The molecule has 1 saturated heterocycles. The van der Waals surface area contributed by atoms with Gasteiger partial charge in [-0.1, -0.05) is 0 Å². The zero-order valence-corrected chi connectivity index (χ0v) is 13.8. The Morgan fingerprint density at radius 1 is 1.19 bits per heavy atom. The molecule has 2 N–H and O–H groups in total. The SMILES string of the molecule is FC(F)(F)c1ccc2ncc(-c3cncc(NC4CCCNC4)n3)n2c1. The molecule has 136 valence electrons. The van der Waals surface area contributed by atoms with Gasteiger partial charge in [-0.25, -0.2) is 9.97 Å². The van der Waals surface area contributed by atoms with Crippen molar-refractivity contribution in [2.75, 3.05) is 18.4 Å². The monoisotopic (exact) mass is 362 g/mol. The van der Waals surface area contributed by atoms with Crippen molar-refractivity contribution < 1.29 is 13.2 Å². The van der Waals surface area contributed by atoms with Gasteiger partial charge < -0.3 is 10.6 Å². The summed E-state index contributed by atoms with van der Waals surface area (Å²) in [5, 5.41) is 6.63. The zero-order chi connectivity index (χ0) is 18.1. The fourth-order valence-corrected chi connectivity index (χ4v) is 3.08. The minimum Gasteiger partial charge on any atom is -0.365 e. The first-order valence-corrected chi connectivity index (χ1v) is 8.35.